The van der Waals surface area contributed by atoms with Gasteiger partial charge in [-0.15, -0.1) is 0 Å². The molecule has 0 aromatic heterocycles. The van der Waals surface area contributed by atoms with Gasteiger partial charge in [0.25, 0.3) is 0 Å². The number of rotatable bonds is 6. The van der Waals surface area contributed by atoms with Crippen LogP contribution in [-0.4, -0.2) is 28.9 Å². The first-order valence-electron chi connectivity index (χ1n) is 4.00. The normalized spacial score (nSPS) is 13.2. The van der Waals surface area contributed by atoms with Crippen molar-refractivity contribution in [3.63, 3.8) is 0 Å². The summed E-state index contributed by atoms with van der Waals surface area (Å²) in [4.78, 5) is 37.1. The molecule has 6 heteroatoms. The Morgan fingerprint density at radius 1 is 1.36 bits per heavy atom. The van der Waals surface area contributed by atoms with Crippen molar-refractivity contribution in [2.24, 2.45) is 9.98 Å². The number of carboxylic acids is 1. The maximum atomic E-state index is 10.5. The first-order chi connectivity index (χ1) is 6.60. The Hall–Kier alpha value is -1.77. The summed E-state index contributed by atoms with van der Waals surface area (Å²) in [6.45, 7) is 1.76. The number of carbonyl (C=O) groups excluding carboxylic acids is 2. The third-order valence-electron chi connectivity index (χ3n) is 1.59. The number of aliphatic carboxylic acids is 1. The zero-order chi connectivity index (χ0) is 11.0. The topological polar surface area (TPSA) is 96.2 Å². The Balaban J connectivity index is 5.00. The number of aliphatic imine (C=N–C) groups is 2. The van der Waals surface area contributed by atoms with E-state index in [2.05, 4.69) is 9.98 Å². The van der Waals surface area contributed by atoms with E-state index in [0.717, 1.165) is 0 Å². The molecule has 14 heavy (non-hydrogen) atoms. The van der Waals surface area contributed by atoms with Crippen LogP contribution in [0.4, 0.5) is 0 Å². The van der Waals surface area contributed by atoms with Crippen LogP contribution in [0, 0.1) is 0 Å². The minimum Gasteiger partial charge on any atom is -0.481 e. The largest absolute Gasteiger partial charge is 0.481 e. The maximum Gasteiger partial charge on any atom is 0.307 e. The van der Waals surface area contributed by atoms with Crippen molar-refractivity contribution >= 4 is 18.1 Å². The van der Waals surface area contributed by atoms with Crippen molar-refractivity contribution in [3.8, 4) is 0 Å². The van der Waals surface area contributed by atoms with E-state index >= 15 is 0 Å². The van der Waals surface area contributed by atoms with Gasteiger partial charge >= 0.3 is 5.97 Å². The molecule has 0 bridgehead atoms. The second-order valence-electron chi connectivity index (χ2n) is 2.71. The smallest absolute Gasteiger partial charge is 0.307 e. The van der Waals surface area contributed by atoms with Crippen LogP contribution in [0.1, 0.15) is 26.2 Å². The quantitative estimate of drug-likeness (QED) is 0.500. The lowest BCUT2D eigenvalue weighted by atomic mass is 10.0. The lowest BCUT2D eigenvalue weighted by Crippen LogP contribution is -2.27. The number of nitrogens with zero attached hydrogens (tertiary/aromatic N) is 2. The van der Waals surface area contributed by atoms with Crippen LogP contribution < -0.4 is 0 Å². The Bertz CT molecular complexity index is 282. The van der Waals surface area contributed by atoms with E-state index < -0.39 is 18.1 Å². The average molecular weight is 198 g/mol. The molecule has 0 unspecified atom stereocenters. The summed E-state index contributed by atoms with van der Waals surface area (Å²) >= 11 is 0. The zero-order valence-electron chi connectivity index (χ0n) is 7.69. The lowest BCUT2D eigenvalue weighted by Gasteiger charge is -2.18. The molecule has 0 aromatic rings. The summed E-state index contributed by atoms with van der Waals surface area (Å²) in [5.74, 6) is -1.18. The third-order valence-corrected chi connectivity index (χ3v) is 1.59. The van der Waals surface area contributed by atoms with Crippen molar-refractivity contribution in [3.05, 3.63) is 0 Å². The number of hydrogen-bond donors (Lipinski definition) is 1. The fourth-order valence-electron chi connectivity index (χ4n) is 1.12. The highest BCUT2D eigenvalue weighted by Crippen LogP contribution is 2.23. The van der Waals surface area contributed by atoms with Crippen molar-refractivity contribution in [2.75, 3.05) is 0 Å². The molecule has 0 atom stereocenters. The van der Waals surface area contributed by atoms with E-state index in [1.807, 2.05) is 0 Å². The molecule has 0 heterocycles. The van der Waals surface area contributed by atoms with Crippen molar-refractivity contribution in [1.29, 1.82) is 0 Å². The van der Waals surface area contributed by atoms with Gasteiger partial charge in [-0.25, -0.2) is 9.59 Å². The van der Waals surface area contributed by atoms with E-state index in [1.54, 1.807) is 6.92 Å². The second-order valence-corrected chi connectivity index (χ2v) is 2.71. The molecule has 0 radical (unpaired) electrons. The second kappa shape index (κ2) is 5.80. The van der Waals surface area contributed by atoms with Crippen LogP contribution in [0.25, 0.3) is 0 Å². The summed E-state index contributed by atoms with van der Waals surface area (Å²) in [5, 5.41) is 8.55. The molecule has 0 aliphatic heterocycles. The Labute approximate surface area is 80.4 Å². The number of hydrogen-bond acceptors (Lipinski definition) is 5. The molecule has 0 saturated carbocycles. The molecule has 0 saturated heterocycles. The van der Waals surface area contributed by atoms with Gasteiger partial charge in [-0.05, 0) is 6.42 Å². The predicted octanol–water partition coefficient (Wildman–Crippen LogP) is 0.629. The van der Waals surface area contributed by atoms with Crippen molar-refractivity contribution < 1.29 is 19.5 Å². The molecule has 0 rings (SSSR count). The van der Waals surface area contributed by atoms with Gasteiger partial charge in [0.05, 0.1) is 6.42 Å². The molecule has 76 valence electrons. The molecule has 0 aromatic carbocycles. The molecule has 0 amide bonds. The van der Waals surface area contributed by atoms with Gasteiger partial charge in [-0.2, -0.15) is 9.98 Å². The minimum absolute atomic E-state index is 0.198. The molecule has 0 fully saturated rings. The van der Waals surface area contributed by atoms with E-state index in [4.69, 9.17) is 5.11 Å². The van der Waals surface area contributed by atoms with E-state index in [0.29, 0.717) is 6.42 Å². The predicted molar refractivity (Wildman–Crippen MR) is 46.1 cm³/mol. The van der Waals surface area contributed by atoms with Gasteiger partial charge in [0.1, 0.15) is 0 Å². The summed E-state index contributed by atoms with van der Waals surface area (Å²) in [6.07, 6.45) is 2.68. The standard InChI is InChI=1S/C8H10N2O4/c1-2-3-8(9-5-11,10-6-12)4-7(13)14/h2-4H2,1H3,(H,13,14). The molecule has 0 aliphatic carbocycles. The minimum atomic E-state index is -1.52. The monoisotopic (exact) mass is 198 g/mol. The first-order valence-corrected chi connectivity index (χ1v) is 4.00. The summed E-state index contributed by atoms with van der Waals surface area (Å²) in [7, 11) is 0. The number of carbonyl (C=O) groups is 1. The summed E-state index contributed by atoms with van der Waals surface area (Å²) in [5.41, 5.74) is -1.52. The highest BCUT2D eigenvalue weighted by atomic mass is 16.4. The van der Waals surface area contributed by atoms with Gasteiger partial charge < -0.3 is 5.11 Å². The van der Waals surface area contributed by atoms with Crippen LogP contribution in [0.3, 0.4) is 0 Å². The summed E-state index contributed by atoms with van der Waals surface area (Å²) < 4.78 is 0. The van der Waals surface area contributed by atoms with Gasteiger partial charge in [-0.3, -0.25) is 4.79 Å². The molecule has 0 aliphatic rings. The van der Waals surface area contributed by atoms with Crippen LogP contribution in [-0.2, 0) is 14.4 Å². The fraction of sp³-hybridized carbons (Fsp3) is 0.625. The van der Waals surface area contributed by atoms with Crippen LogP contribution >= 0.6 is 0 Å². The Morgan fingerprint density at radius 2 is 1.86 bits per heavy atom. The Kier molecular flexibility index (Phi) is 5.07. The van der Waals surface area contributed by atoms with Crippen molar-refractivity contribution in [2.45, 2.75) is 31.8 Å². The van der Waals surface area contributed by atoms with Crippen LogP contribution in [0.2, 0.25) is 0 Å². The van der Waals surface area contributed by atoms with Crippen molar-refractivity contribution in [1.82, 2.24) is 0 Å². The first kappa shape index (κ1) is 12.2. The van der Waals surface area contributed by atoms with Gasteiger partial charge in [0.2, 0.25) is 12.2 Å². The molecule has 1 N–H and O–H groups in total. The Morgan fingerprint density at radius 3 is 2.14 bits per heavy atom. The fourth-order valence-corrected chi connectivity index (χ4v) is 1.12. The molecule has 6 nitrogen and oxygen atoms in total. The third kappa shape index (κ3) is 3.76. The van der Waals surface area contributed by atoms with E-state index in [1.165, 1.54) is 12.2 Å². The van der Waals surface area contributed by atoms with E-state index in [9.17, 15) is 14.4 Å². The SMILES string of the molecule is CCCC(CC(=O)O)(N=C=O)N=C=O. The van der Waals surface area contributed by atoms with Gasteiger partial charge in [-0.1, -0.05) is 13.3 Å². The molecular formula is C8H10N2O4. The van der Waals surface area contributed by atoms with Crippen LogP contribution in [0.5, 0.6) is 0 Å². The molecular weight excluding hydrogens is 188 g/mol. The maximum absolute atomic E-state index is 10.5. The average Bonchev–Trinajstić information content (AvgIpc) is 2.03. The highest BCUT2D eigenvalue weighted by Gasteiger charge is 2.31. The number of carboxylic acid groups (broad SMARTS) is 1. The van der Waals surface area contributed by atoms with Gasteiger partial charge in [0.15, 0.2) is 5.66 Å². The number of isocyanates is 2. The van der Waals surface area contributed by atoms with Crippen LogP contribution in [0.15, 0.2) is 9.98 Å². The molecule has 0 spiro atoms. The lowest BCUT2D eigenvalue weighted by molar-refractivity contribution is -0.138. The summed E-state index contributed by atoms with van der Waals surface area (Å²) in [6, 6.07) is 0. The van der Waals surface area contributed by atoms with Gasteiger partial charge in [0, 0.05) is 0 Å². The highest BCUT2D eigenvalue weighted by molar-refractivity contribution is 5.69. The van der Waals surface area contributed by atoms with E-state index in [-0.39, 0.29) is 6.42 Å². The zero-order valence-corrected chi connectivity index (χ0v) is 7.69.